The third-order valence-corrected chi connectivity index (χ3v) is 2.97. The lowest BCUT2D eigenvalue weighted by atomic mass is 10.1. The van der Waals surface area contributed by atoms with Gasteiger partial charge in [0.05, 0.1) is 25.9 Å². The highest BCUT2D eigenvalue weighted by atomic mass is 16.5. The molecule has 1 atom stereocenters. The van der Waals surface area contributed by atoms with Crippen molar-refractivity contribution in [1.29, 1.82) is 0 Å². The van der Waals surface area contributed by atoms with Crippen LogP contribution in [0.2, 0.25) is 0 Å². The fourth-order valence-corrected chi connectivity index (χ4v) is 2.12. The molecule has 1 unspecified atom stereocenters. The van der Waals surface area contributed by atoms with E-state index in [1.54, 1.807) is 0 Å². The Balaban J connectivity index is 2.27. The molecule has 1 aliphatic rings. The van der Waals surface area contributed by atoms with Crippen molar-refractivity contribution in [2.75, 3.05) is 37.0 Å². The molecule has 0 aliphatic carbocycles. The van der Waals surface area contributed by atoms with Gasteiger partial charge >= 0.3 is 0 Å². The molecule has 0 saturated carbocycles. The SMILES string of the molecule is Cc1cc(N)ccc1N1CCOCC1CO. The van der Waals surface area contributed by atoms with Crippen molar-refractivity contribution in [3.63, 3.8) is 0 Å². The van der Waals surface area contributed by atoms with Gasteiger partial charge in [-0.3, -0.25) is 0 Å². The fourth-order valence-electron chi connectivity index (χ4n) is 2.12. The summed E-state index contributed by atoms with van der Waals surface area (Å²) in [5.41, 5.74) is 8.78. The molecule has 0 aromatic heterocycles. The average molecular weight is 222 g/mol. The topological polar surface area (TPSA) is 58.7 Å². The van der Waals surface area contributed by atoms with Crippen molar-refractivity contribution in [2.45, 2.75) is 13.0 Å². The van der Waals surface area contributed by atoms with E-state index in [4.69, 9.17) is 10.5 Å². The van der Waals surface area contributed by atoms with Crippen LogP contribution in [0.1, 0.15) is 5.56 Å². The van der Waals surface area contributed by atoms with Crippen molar-refractivity contribution < 1.29 is 9.84 Å². The van der Waals surface area contributed by atoms with E-state index in [0.29, 0.717) is 13.2 Å². The number of ether oxygens (including phenoxy) is 1. The first-order chi connectivity index (χ1) is 7.72. The number of hydrogen-bond donors (Lipinski definition) is 2. The largest absolute Gasteiger partial charge is 0.399 e. The van der Waals surface area contributed by atoms with Crippen molar-refractivity contribution in [3.8, 4) is 0 Å². The van der Waals surface area contributed by atoms with Crippen molar-refractivity contribution in [2.24, 2.45) is 0 Å². The second kappa shape index (κ2) is 4.72. The number of nitrogens with two attached hydrogens (primary N) is 1. The molecular weight excluding hydrogens is 204 g/mol. The first kappa shape index (κ1) is 11.2. The lowest BCUT2D eigenvalue weighted by molar-refractivity contribution is 0.0726. The predicted octanol–water partition coefficient (Wildman–Crippen LogP) is 0.775. The Morgan fingerprint density at radius 2 is 2.38 bits per heavy atom. The molecule has 1 aliphatic heterocycles. The second-order valence-corrected chi connectivity index (χ2v) is 4.15. The number of aliphatic hydroxyl groups is 1. The summed E-state index contributed by atoms with van der Waals surface area (Å²) in [7, 11) is 0. The second-order valence-electron chi connectivity index (χ2n) is 4.15. The van der Waals surface area contributed by atoms with Gasteiger partial charge in [0, 0.05) is 17.9 Å². The van der Waals surface area contributed by atoms with Gasteiger partial charge in [0.2, 0.25) is 0 Å². The van der Waals surface area contributed by atoms with Gasteiger partial charge in [-0.25, -0.2) is 0 Å². The zero-order chi connectivity index (χ0) is 11.5. The third-order valence-electron chi connectivity index (χ3n) is 2.97. The number of morpholine rings is 1. The van der Waals surface area contributed by atoms with E-state index in [-0.39, 0.29) is 12.6 Å². The van der Waals surface area contributed by atoms with E-state index < -0.39 is 0 Å². The van der Waals surface area contributed by atoms with Crippen LogP contribution in [-0.4, -0.2) is 37.5 Å². The van der Waals surface area contributed by atoms with Gasteiger partial charge in [-0.2, -0.15) is 0 Å². The quantitative estimate of drug-likeness (QED) is 0.726. The molecule has 1 fully saturated rings. The fraction of sp³-hybridized carbons (Fsp3) is 0.500. The first-order valence-corrected chi connectivity index (χ1v) is 5.53. The van der Waals surface area contributed by atoms with E-state index in [2.05, 4.69) is 4.90 Å². The van der Waals surface area contributed by atoms with E-state index in [1.807, 2.05) is 25.1 Å². The van der Waals surface area contributed by atoms with Crippen LogP contribution in [0.4, 0.5) is 11.4 Å². The summed E-state index contributed by atoms with van der Waals surface area (Å²) < 4.78 is 5.36. The van der Waals surface area contributed by atoms with Crippen LogP contribution in [0.3, 0.4) is 0 Å². The number of nitrogen functional groups attached to an aromatic ring is 1. The Hall–Kier alpha value is -1.26. The molecule has 0 amide bonds. The van der Waals surface area contributed by atoms with Crippen molar-refractivity contribution in [1.82, 2.24) is 0 Å². The van der Waals surface area contributed by atoms with Crippen LogP contribution in [0.25, 0.3) is 0 Å². The average Bonchev–Trinajstić information content (AvgIpc) is 2.29. The molecule has 3 N–H and O–H groups in total. The summed E-state index contributed by atoms with van der Waals surface area (Å²) in [5.74, 6) is 0. The minimum absolute atomic E-state index is 0.0519. The van der Waals surface area contributed by atoms with E-state index >= 15 is 0 Å². The molecule has 88 valence electrons. The number of aryl methyl sites for hydroxylation is 1. The minimum atomic E-state index is 0.0519. The molecular formula is C12H18N2O2. The van der Waals surface area contributed by atoms with Gasteiger partial charge in [-0.05, 0) is 30.7 Å². The van der Waals surface area contributed by atoms with E-state index in [0.717, 1.165) is 23.5 Å². The Bertz CT molecular complexity index is 368. The van der Waals surface area contributed by atoms with Crippen LogP contribution in [0.15, 0.2) is 18.2 Å². The van der Waals surface area contributed by atoms with Crippen molar-refractivity contribution in [3.05, 3.63) is 23.8 Å². The summed E-state index contributed by atoms with van der Waals surface area (Å²) in [5, 5.41) is 9.32. The van der Waals surface area contributed by atoms with Gasteiger partial charge in [0.15, 0.2) is 0 Å². The van der Waals surface area contributed by atoms with Crippen LogP contribution in [0.5, 0.6) is 0 Å². The van der Waals surface area contributed by atoms with Crippen LogP contribution in [-0.2, 0) is 4.74 Å². The number of hydrogen-bond acceptors (Lipinski definition) is 4. The zero-order valence-electron chi connectivity index (χ0n) is 9.52. The summed E-state index contributed by atoms with van der Waals surface area (Å²) in [6, 6.07) is 5.92. The predicted molar refractivity (Wildman–Crippen MR) is 64.6 cm³/mol. The lowest BCUT2D eigenvalue weighted by Crippen LogP contribution is -2.47. The van der Waals surface area contributed by atoms with Gasteiger partial charge in [0.25, 0.3) is 0 Å². The molecule has 1 aromatic rings. The highest BCUT2D eigenvalue weighted by Gasteiger charge is 2.23. The smallest absolute Gasteiger partial charge is 0.0755 e. The van der Waals surface area contributed by atoms with E-state index in [1.165, 1.54) is 0 Å². The maximum absolute atomic E-state index is 9.32. The molecule has 4 nitrogen and oxygen atoms in total. The summed E-state index contributed by atoms with van der Waals surface area (Å²) in [6.45, 7) is 4.26. The number of rotatable bonds is 2. The normalized spacial score (nSPS) is 21.1. The van der Waals surface area contributed by atoms with Crippen molar-refractivity contribution >= 4 is 11.4 Å². The number of aliphatic hydroxyl groups excluding tert-OH is 1. The molecule has 0 radical (unpaired) electrons. The maximum atomic E-state index is 9.32. The molecule has 2 rings (SSSR count). The van der Waals surface area contributed by atoms with Crippen LogP contribution < -0.4 is 10.6 Å². The lowest BCUT2D eigenvalue weighted by Gasteiger charge is -2.37. The minimum Gasteiger partial charge on any atom is -0.399 e. The number of nitrogens with zero attached hydrogens (tertiary/aromatic N) is 1. The third kappa shape index (κ3) is 2.13. The highest BCUT2D eigenvalue weighted by molar-refractivity contribution is 5.59. The molecule has 16 heavy (non-hydrogen) atoms. The molecule has 1 aromatic carbocycles. The molecule has 4 heteroatoms. The molecule has 1 saturated heterocycles. The standard InChI is InChI=1S/C12H18N2O2/c1-9-6-10(13)2-3-12(9)14-4-5-16-8-11(14)7-15/h2-3,6,11,15H,4-5,7-8,13H2,1H3. The van der Waals surface area contributed by atoms with Gasteiger partial charge < -0.3 is 20.5 Å². The van der Waals surface area contributed by atoms with Gasteiger partial charge in [-0.1, -0.05) is 0 Å². The van der Waals surface area contributed by atoms with Gasteiger partial charge in [0.1, 0.15) is 0 Å². The first-order valence-electron chi connectivity index (χ1n) is 5.53. The molecule has 0 spiro atoms. The summed E-state index contributed by atoms with van der Waals surface area (Å²) in [4.78, 5) is 2.19. The zero-order valence-corrected chi connectivity index (χ0v) is 9.52. The van der Waals surface area contributed by atoms with E-state index in [9.17, 15) is 5.11 Å². The Morgan fingerprint density at radius 3 is 3.06 bits per heavy atom. The van der Waals surface area contributed by atoms with Crippen LogP contribution >= 0.6 is 0 Å². The highest BCUT2D eigenvalue weighted by Crippen LogP contribution is 2.25. The summed E-state index contributed by atoms with van der Waals surface area (Å²) >= 11 is 0. The Kier molecular flexibility index (Phi) is 3.31. The maximum Gasteiger partial charge on any atom is 0.0755 e. The number of anilines is 2. The van der Waals surface area contributed by atoms with Crippen LogP contribution in [0, 0.1) is 6.92 Å². The summed E-state index contributed by atoms with van der Waals surface area (Å²) in [6.07, 6.45) is 0. The monoisotopic (exact) mass is 222 g/mol. The molecule has 1 heterocycles. The number of benzene rings is 1. The van der Waals surface area contributed by atoms with Gasteiger partial charge in [-0.15, -0.1) is 0 Å². The molecule has 0 bridgehead atoms. The Morgan fingerprint density at radius 1 is 1.56 bits per heavy atom. The Labute approximate surface area is 95.6 Å².